The fourth-order valence-electron chi connectivity index (χ4n) is 2.32. The molecule has 0 bridgehead atoms. The molecule has 0 aromatic heterocycles. The molecule has 0 atom stereocenters. The molecule has 7 heteroatoms. The summed E-state index contributed by atoms with van der Waals surface area (Å²) >= 11 is 0. The van der Waals surface area contributed by atoms with Crippen molar-refractivity contribution >= 4 is 27.3 Å². The maximum absolute atomic E-state index is 11.5. The lowest BCUT2D eigenvalue weighted by atomic mass is 10.1. The molecule has 0 unspecified atom stereocenters. The van der Waals surface area contributed by atoms with Crippen LogP contribution in [0.2, 0.25) is 0 Å². The van der Waals surface area contributed by atoms with Crippen molar-refractivity contribution in [2.24, 2.45) is 5.14 Å². The predicted molar refractivity (Wildman–Crippen MR) is 100.0 cm³/mol. The number of hydrogen-bond donors (Lipinski definition) is 3. The van der Waals surface area contributed by atoms with Gasteiger partial charge >= 0.3 is 0 Å². The van der Waals surface area contributed by atoms with Crippen molar-refractivity contribution in [2.75, 3.05) is 17.2 Å². The molecule has 0 saturated heterocycles. The van der Waals surface area contributed by atoms with Crippen LogP contribution in [-0.4, -0.2) is 20.9 Å². The second-order valence-corrected chi connectivity index (χ2v) is 7.30. The average molecular weight is 361 g/mol. The Hall–Kier alpha value is -2.38. The topological polar surface area (TPSA) is 101 Å². The summed E-state index contributed by atoms with van der Waals surface area (Å²) in [6.07, 6.45) is 2.09. The molecule has 0 aliphatic rings. The van der Waals surface area contributed by atoms with Gasteiger partial charge in [0.2, 0.25) is 15.9 Å². The minimum absolute atomic E-state index is 0.0196. The zero-order valence-corrected chi connectivity index (χ0v) is 15.0. The first kappa shape index (κ1) is 19.0. The van der Waals surface area contributed by atoms with Crippen LogP contribution in [0.1, 0.15) is 25.3 Å². The molecule has 25 heavy (non-hydrogen) atoms. The number of rotatable bonds is 8. The third kappa shape index (κ3) is 6.21. The summed E-state index contributed by atoms with van der Waals surface area (Å²) in [4.78, 5) is 11.7. The van der Waals surface area contributed by atoms with E-state index in [2.05, 4.69) is 10.6 Å². The molecule has 0 spiro atoms. The Morgan fingerprint density at radius 2 is 1.60 bits per heavy atom. The van der Waals surface area contributed by atoms with Crippen LogP contribution in [0.25, 0.3) is 0 Å². The Kier molecular flexibility index (Phi) is 6.55. The van der Waals surface area contributed by atoms with Gasteiger partial charge in [0.1, 0.15) is 0 Å². The molecule has 0 aliphatic carbocycles. The third-order valence-electron chi connectivity index (χ3n) is 3.64. The summed E-state index contributed by atoms with van der Waals surface area (Å²) in [5.74, 6) is 0.0196. The van der Waals surface area contributed by atoms with Gasteiger partial charge in [0.05, 0.1) is 4.90 Å². The van der Waals surface area contributed by atoms with Crippen LogP contribution in [0, 0.1) is 0 Å². The van der Waals surface area contributed by atoms with Crippen LogP contribution < -0.4 is 15.8 Å². The van der Waals surface area contributed by atoms with Crippen molar-refractivity contribution in [3.05, 3.63) is 54.1 Å². The van der Waals surface area contributed by atoms with E-state index in [4.69, 9.17) is 5.14 Å². The lowest BCUT2D eigenvalue weighted by molar-refractivity contribution is -0.116. The van der Waals surface area contributed by atoms with Gasteiger partial charge in [-0.25, -0.2) is 13.6 Å². The van der Waals surface area contributed by atoms with E-state index < -0.39 is 10.0 Å². The molecule has 0 saturated carbocycles. The van der Waals surface area contributed by atoms with Crippen molar-refractivity contribution in [3.8, 4) is 0 Å². The molecular weight excluding hydrogens is 338 g/mol. The van der Waals surface area contributed by atoms with E-state index in [0.29, 0.717) is 13.0 Å². The highest BCUT2D eigenvalue weighted by molar-refractivity contribution is 7.89. The van der Waals surface area contributed by atoms with Crippen molar-refractivity contribution < 1.29 is 13.2 Å². The molecule has 2 aromatic rings. The van der Waals surface area contributed by atoms with Gasteiger partial charge in [-0.2, -0.15) is 0 Å². The molecule has 134 valence electrons. The number of carbonyl (C=O) groups excluding carboxylic acids is 1. The Balaban J connectivity index is 1.82. The monoisotopic (exact) mass is 361 g/mol. The summed E-state index contributed by atoms with van der Waals surface area (Å²) in [5, 5.41) is 11.2. The maximum Gasteiger partial charge on any atom is 0.238 e. The van der Waals surface area contributed by atoms with Gasteiger partial charge in [0.25, 0.3) is 0 Å². The normalized spacial score (nSPS) is 11.1. The highest BCUT2D eigenvalue weighted by atomic mass is 32.2. The van der Waals surface area contributed by atoms with Crippen LogP contribution in [0.4, 0.5) is 11.4 Å². The maximum atomic E-state index is 11.5. The summed E-state index contributed by atoms with van der Waals surface area (Å²) < 4.78 is 22.4. The minimum atomic E-state index is -3.65. The number of carbonyl (C=O) groups is 1. The van der Waals surface area contributed by atoms with Crippen LogP contribution in [0.5, 0.6) is 0 Å². The molecule has 6 nitrogen and oxygen atoms in total. The lowest BCUT2D eigenvalue weighted by Crippen LogP contribution is -2.12. The number of amides is 1. The number of sulfonamides is 1. The number of primary sulfonamides is 1. The second kappa shape index (κ2) is 8.64. The largest absolute Gasteiger partial charge is 0.385 e. The molecule has 0 radical (unpaired) electrons. The number of nitrogens with one attached hydrogen (secondary N) is 2. The number of anilines is 2. The van der Waals surface area contributed by atoms with E-state index in [-0.39, 0.29) is 10.8 Å². The van der Waals surface area contributed by atoms with E-state index in [9.17, 15) is 13.2 Å². The predicted octanol–water partition coefficient (Wildman–Crippen LogP) is 2.73. The molecule has 2 aromatic carbocycles. The van der Waals surface area contributed by atoms with E-state index >= 15 is 0 Å². The molecule has 1 amide bonds. The van der Waals surface area contributed by atoms with Gasteiger partial charge in [-0.1, -0.05) is 19.1 Å². The van der Waals surface area contributed by atoms with E-state index in [0.717, 1.165) is 29.8 Å². The summed E-state index contributed by atoms with van der Waals surface area (Å²) in [6.45, 7) is 2.67. The molecule has 0 fully saturated rings. The summed E-state index contributed by atoms with van der Waals surface area (Å²) in [7, 11) is -3.65. The first-order valence-electron chi connectivity index (χ1n) is 8.14. The van der Waals surface area contributed by atoms with E-state index in [1.54, 1.807) is 12.1 Å². The fraction of sp³-hybridized carbons (Fsp3) is 0.278. The van der Waals surface area contributed by atoms with Gasteiger partial charge in [-0.15, -0.1) is 0 Å². The van der Waals surface area contributed by atoms with E-state index in [1.165, 1.54) is 12.1 Å². The Labute approximate surface area is 148 Å². The Morgan fingerprint density at radius 3 is 2.16 bits per heavy atom. The SMILES string of the molecule is CCCC(=O)Nc1ccc(NCCc2ccc(S(N)(=O)=O)cc2)cc1. The standard InChI is InChI=1S/C18H23N3O3S/c1-2-3-18(22)21-16-8-6-15(7-9-16)20-13-12-14-4-10-17(11-5-14)25(19,23)24/h4-11,20H,2-3,12-13H2,1H3,(H,21,22)(H2,19,23,24). The van der Waals surface area contributed by atoms with Gasteiger partial charge < -0.3 is 10.6 Å². The molecule has 2 rings (SSSR count). The quantitative estimate of drug-likeness (QED) is 0.673. The highest BCUT2D eigenvalue weighted by Crippen LogP contribution is 2.14. The lowest BCUT2D eigenvalue weighted by Gasteiger charge is -2.09. The van der Waals surface area contributed by atoms with Crippen molar-refractivity contribution in [1.82, 2.24) is 0 Å². The number of hydrogen-bond acceptors (Lipinski definition) is 4. The van der Waals surface area contributed by atoms with Crippen molar-refractivity contribution in [2.45, 2.75) is 31.1 Å². The second-order valence-electron chi connectivity index (χ2n) is 5.74. The third-order valence-corrected chi connectivity index (χ3v) is 4.57. The van der Waals surface area contributed by atoms with Crippen LogP contribution >= 0.6 is 0 Å². The zero-order chi connectivity index (χ0) is 18.3. The molecule has 0 aliphatic heterocycles. The Bertz CT molecular complexity index is 800. The molecule has 0 heterocycles. The van der Waals surface area contributed by atoms with Gasteiger partial charge in [0, 0.05) is 24.3 Å². The van der Waals surface area contributed by atoms with Crippen LogP contribution in [0.15, 0.2) is 53.4 Å². The number of benzene rings is 2. The minimum Gasteiger partial charge on any atom is -0.385 e. The van der Waals surface area contributed by atoms with Crippen LogP contribution in [0.3, 0.4) is 0 Å². The first-order chi connectivity index (χ1) is 11.9. The van der Waals surface area contributed by atoms with Gasteiger partial charge in [-0.3, -0.25) is 4.79 Å². The van der Waals surface area contributed by atoms with Crippen molar-refractivity contribution in [1.29, 1.82) is 0 Å². The Morgan fingerprint density at radius 1 is 1.00 bits per heavy atom. The average Bonchev–Trinajstić information content (AvgIpc) is 2.56. The zero-order valence-electron chi connectivity index (χ0n) is 14.2. The van der Waals surface area contributed by atoms with Gasteiger partial charge in [-0.05, 0) is 54.8 Å². The first-order valence-corrected chi connectivity index (χ1v) is 9.68. The van der Waals surface area contributed by atoms with Crippen molar-refractivity contribution in [3.63, 3.8) is 0 Å². The van der Waals surface area contributed by atoms with Gasteiger partial charge in [0.15, 0.2) is 0 Å². The number of nitrogens with two attached hydrogens (primary N) is 1. The molecular formula is C18H23N3O3S. The summed E-state index contributed by atoms with van der Waals surface area (Å²) in [5.41, 5.74) is 2.75. The summed E-state index contributed by atoms with van der Waals surface area (Å²) in [6, 6.07) is 14.1. The van der Waals surface area contributed by atoms with Crippen LogP contribution in [-0.2, 0) is 21.2 Å². The van der Waals surface area contributed by atoms with E-state index in [1.807, 2.05) is 31.2 Å². The molecule has 4 N–H and O–H groups in total. The highest BCUT2D eigenvalue weighted by Gasteiger charge is 2.06. The smallest absolute Gasteiger partial charge is 0.238 e. The fourth-order valence-corrected chi connectivity index (χ4v) is 2.83.